The van der Waals surface area contributed by atoms with Crippen LogP contribution in [0.1, 0.15) is 49.5 Å². The van der Waals surface area contributed by atoms with Crippen LogP contribution in [0, 0.1) is 0 Å². The maximum atomic E-state index is 12.8. The number of aliphatic hydroxyl groups is 1. The van der Waals surface area contributed by atoms with Gasteiger partial charge in [-0.15, -0.1) is 0 Å². The van der Waals surface area contributed by atoms with Gasteiger partial charge in [0.25, 0.3) is 11.5 Å². The predicted octanol–water partition coefficient (Wildman–Crippen LogP) is 1.90. The molecular formula is C21H27N7O3. The lowest BCUT2D eigenvalue weighted by atomic mass is 10.2. The summed E-state index contributed by atoms with van der Waals surface area (Å²) in [6, 6.07) is 5.18. The Hall–Kier alpha value is -3.40. The van der Waals surface area contributed by atoms with Gasteiger partial charge in [-0.3, -0.25) is 9.59 Å². The van der Waals surface area contributed by atoms with Crippen molar-refractivity contribution in [1.82, 2.24) is 24.5 Å². The van der Waals surface area contributed by atoms with Crippen molar-refractivity contribution in [3.05, 3.63) is 46.5 Å². The summed E-state index contributed by atoms with van der Waals surface area (Å²) in [4.78, 5) is 30.1. The Morgan fingerprint density at radius 3 is 2.81 bits per heavy atom. The molecule has 1 amide bonds. The van der Waals surface area contributed by atoms with E-state index in [1.807, 2.05) is 13.8 Å². The maximum Gasteiger partial charge on any atom is 0.274 e. The largest absolute Gasteiger partial charge is 0.393 e. The molecule has 1 aliphatic carbocycles. The van der Waals surface area contributed by atoms with E-state index >= 15 is 0 Å². The van der Waals surface area contributed by atoms with E-state index in [9.17, 15) is 14.7 Å². The molecule has 1 aliphatic rings. The number of pyridine rings is 1. The molecular weight excluding hydrogens is 398 g/mol. The number of nitrogens with zero attached hydrogens (tertiary/aromatic N) is 4. The highest BCUT2D eigenvalue weighted by molar-refractivity contribution is 6.00. The van der Waals surface area contributed by atoms with Crippen molar-refractivity contribution in [2.45, 2.75) is 51.3 Å². The Balaban J connectivity index is 1.68. The maximum absolute atomic E-state index is 12.8. The first-order chi connectivity index (χ1) is 14.9. The fourth-order valence-electron chi connectivity index (χ4n) is 3.87. The average molecular weight is 425 g/mol. The minimum absolute atomic E-state index is 0.0248. The first-order valence-corrected chi connectivity index (χ1v) is 10.4. The zero-order valence-corrected chi connectivity index (χ0v) is 17.8. The average Bonchev–Trinajstić information content (AvgIpc) is 3.34. The molecule has 3 aromatic heterocycles. The predicted molar refractivity (Wildman–Crippen MR) is 118 cm³/mol. The molecule has 0 aromatic carbocycles. The van der Waals surface area contributed by atoms with E-state index in [0.717, 1.165) is 6.42 Å². The molecule has 0 spiro atoms. The summed E-state index contributed by atoms with van der Waals surface area (Å²) in [5.74, 6) is 0.743. The van der Waals surface area contributed by atoms with Crippen LogP contribution in [0.2, 0.25) is 0 Å². The minimum atomic E-state index is -0.375. The van der Waals surface area contributed by atoms with Crippen molar-refractivity contribution in [2.24, 2.45) is 0 Å². The van der Waals surface area contributed by atoms with E-state index in [2.05, 4.69) is 26.0 Å². The molecule has 3 aromatic rings. The molecule has 0 aliphatic heterocycles. The molecule has 2 atom stereocenters. The highest BCUT2D eigenvalue weighted by atomic mass is 16.3. The third-order valence-corrected chi connectivity index (χ3v) is 5.51. The number of aromatic nitrogens is 4. The van der Waals surface area contributed by atoms with E-state index in [1.54, 1.807) is 40.5 Å². The number of carbonyl (C=O) groups excluding carboxylic acids is 1. The van der Waals surface area contributed by atoms with Crippen molar-refractivity contribution in [2.75, 3.05) is 17.7 Å². The normalized spacial score (nSPS) is 18.5. The third kappa shape index (κ3) is 4.11. The molecule has 31 heavy (non-hydrogen) atoms. The highest BCUT2D eigenvalue weighted by Gasteiger charge is 2.26. The van der Waals surface area contributed by atoms with E-state index in [0.29, 0.717) is 41.4 Å². The first kappa shape index (κ1) is 20.9. The molecule has 164 valence electrons. The van der Waals surface area contributed by atoms with Gasteiger partial charge < -0.3 is 25.6 Å². The topological polar surface area (TPSA) is 126 Å². The number of fused-ring (bicyclic) bond motifs is 1. The third-order valence-electron chi connectivity index (χ3n) is 5.51. The Bertz CT molecular complexity index is 1170. The summed E-state index contributed by atoms with van der Waals surface area (Å²) in [5.41, 5.74) is 0.928. The van der Waals surface area contributed by atoms with Crippen LogP contribution in [-0.2, 0) is 0 Å². The molecule has 4 N–H and O–H groups in total. The van der Waals surface area contributed by atoms with Gasteiger partial charge in [0.2, 0.25) is 0 Å². The molecule has 1 saturated carbocycles. The van der Waals surface area contributed by atoms with E-state index < -0.39 is 0 Å². The van der Waals surface area contributed by atoms with Gasteiger partial charge in [0, 0.05) is 31.4 Å². The fraction of sp³-hybridized carbons (Fsp3) is 0.429. The van der Waals surface area contributed by atoms with Gasteiger partial charge >= 0.3 is 0 Å². The lowest BCUT2D eigenvalue weighted by Crippen LogP contribution is -2.33. The van der Waals surface area contributed by atoms with Crippen LogP contribution in [0.15, 0.2) is 35.4 Å². The molecule has 10 heteroatoms. The van der Waals surface area contributed by atoms with Crippen LogP contribution in [0.25, 0.3) is 5.65 Å². The summed E-state index contributed by atoms with van der Waals surface area (Å²) in [6.45, 7) is 3.88. The number of amides is 1. The molecule has 0 bridgehead atoms. The zero-order chi connectivity index (χ0) is 22.1. The van der Waals surface area contributed by atoms with Gasteiger partial charge in [-0.25, -0.2) is 4.98 Å². The fourth-order valence-corrected chi connectivity index (χ4v) is 3.87. The van der Waals surface area contributed by atoms with E-state index in [1.165, 1.54) is 6.20 Å². The standard InChI is InChI=1S/C21H27N7O3/c1-12(2)27-8-4-5-16(21(27)31)25-17-10-18(22-3)28-19(26-17)15(11-23-28)20(30)24-13-6-7-14(29)9-13/h4-5,8,10-14,22,29H,6-7,9H2,1-3H3,(H,24,30)(H,25,26)/t13-,14?/m1/s1. The van der Waals surface area contributed by atoms with E-state index in [4.69, 9.17) is 0 Å². The summed E-state index contributed by atoms with van der Waals surface area (Å²) in [5, 5.41) is 23.1. The summed E-state index contributed by atoms with van der Waals surface area (Å²) >= 11 is 0. The van der Waals surface area contributed by atoms with Crippen molar-refractivity contribution >= 4 is 28.9 Å². The smallest absolute Gasteiger partial charge is 0.274 e. The van der Waals surface area contributed by atoms with Crippen LogP contribution >= 0.6 is 0 Å². The lowest BCUT2D eigenvalue weighted by molar-refractivity contribution is 0.0935. The van der Waals surface area contributed by atoms with Crippen molar-refractivity contribution in [1.29, 1.82) is 0 Å². The van der Waals surface area contributed by atoms with Gasteiger partial charge in [-0.1, -0.05) is 0 Å². The van der Waals surface area contributed by atoms with Crippen LogP contribution in [0.5, 0.6) is 0 Å². The number of rotatable bonds is 6. The van der Waals surface area contributed by atoms with E-state index in [-0.39, 0.29) is 29.7 Å². The second kappa shape index (κ2) is 8.38. The number of hydrogen-bond acceptors (Lipinski definition) is 7. The molecule has 10 nitrogen and oxygen atoms in total. The van der Waals surface area contributed by atoms with Crippen molar-refractivity contribution in [3.63, 3.8) is 0 Å². The summed E-state index contributed by atoms with van der Waals surface area (Å²) < 4.78 is 3.18. The molecule has 1 fully saturated rings. The second-order valence-corrected chi connectivity index (χ2v) is 8.06. The molecule has 1 unspecified atom stereocenters. The Kier molecular flexibility index (Phi) is 5.64. The van der Waals surface area contributed by atoms with Crippen molar-refractivity contribution < 1.29 is 9.90 Å². The highest BCUT2D eigenvalue weighted by Crippen LogP contribution is 2.23. The second-order valence-electron chi connectivity index (χ2n) is 8.06. The zero-order valence-electron chi connectivity index (χ0n) is 17.8. The Morgan fingerprint density at radius 1 is 1.32 bits per heavy atom. The van der Waals surface area contributed by atoms with Gasteiger partial charge in [-0.05, 0) is 45.2 Å². The monoisotopic (exact) mass is 425 g/mol. The first-order valence-electron chi connectivity index (χ1n) is 10.4. The van der Waals surface area contributed by atoms with Gasteiger partial charge in [-0.2, -0.15) is 9.61 Å². The summed E-state index contributed by atoms with van der Waals surface area (Å²) in [6.07, 6.45) is 4.81. The van der Waals surface area contributed by atoms with Gasteiger partial charge in [0.1, 0.15) is 22.9 Å². The molecule has 0 saturated heterocycles. The van der Waals surface area contributed by atoms with Gasteiger partial charge in [0.05, 0.1) is 12.3 Å². The quantitative estimate of drug-likeness (QED) is 0.475. The van der Waals surface area contributed by atoms with Crippen LogP contribution in [-0.4, -0.2) is 49.4 Å². The SMILES string of the molecule is CNc1cc(Nc2cccn(C(C)C)c2=O)nc2c(C(=O)N[C@@H]3CCC(O)C3)cnn12. The Morgan fingerprint density at radius 2 is 2.13 bits per heavy atom. The number of aliphatic hydroxyl groups excluding tert-OH is 1. The molecule has 3 heterocycles. The number of nitrogens with one attached hydrogen (secondary N) is 3. The lowest BCUT2D eigenvalue weighted by Gasteiger charge is -2.14. The number of carbonyl (C=O) groups is 1. The van der Waals surface area contributed by atoms with Crippen LogP contribution in [0.3, 0.4) is 0 Å². The molecule has 4 rings (SSSR count). The van der Waals surface area contributed by atoms with Crippen molar-refractivity contribution in [3.8, 4) is 0 Å². The molecule has 0 radical (unpaired) electrons. The summed E-state index contributed by atoms with van der Waals surface area (Å²) in [7, 11) is 1.74. The number of hydrogen-bond donors (Lipinski definition) is 4. The van der Waals surface area contributed by atoms with Gasteiger partial charge in [0.15, 0.2) is 5.65 Å². The van der Waals surface area contributed by atoms with Crippen LogP contribution in [0.4, 0.5) is 17.3 Å². The Labute approximate surface area is 179 Å². The number of anilines is 3. The van der Waals surface area contributed by atoms with Crippen LogP contribution < -0.4 is 21.5 Å². The minimum Gasteiger partial charge on any atom is -0.393 e.